The number of hydrogen-bond acceptors (Lipinski definition) is 3. The molecule has 5 heteroatoms. The molecule has 0 aliphatic carbocycles. The maximum absolute atomic E-state index is 12.7. The third kappa shape index (κ3) is 4.18. The molecular formula is C25H26N4O. The average molecular weight is 399 g/mol. The number of fused-ring (bicyclic) bond motifs is 1. The van der Waals surface area contributed by atoms with Gasteiger partial charge in [0.05, 0.1) is 18.1 Å². The lowest BCUT2D eigenvalue weighted by Gasteiger charge is -2.20. The van der Waals surface area contributed by atoms with Crippen LogP contribution in [-0.4, -0.2) is 38.3 Å². The van der Waals surface area contributed by atoms with E-state index < -0.39 is 0 Å². The minimum Gasteiger partial charge on any atom is -0.339 e. The van der Waals surface area contributed by atoms with E-state index in [1.807, 2.05) is 67.5 Å². The van der Waals surface area contributed by atoms with Crippen molar-refractivity contribution in [3.05, 3.63) is 77.9 Å². The van der Waals surface area contributed by atoms with Crippen LogP contribution < -0.4 is 0 Å². The van der Waals surface area contributed by atoms with Gasteiger partial charge < -0.3 is 4.90 Å². The molecule has 0 unspecified atom stereocenters. The summed E-state index contributed by atoms with van der Waals surface area (Å²) < 4.78 is 1.93. The summed E-state index contributed by atoms with van der Waals surface area (Å²) in [4.78, 5) is 23.5. The van der Waals surface area contributed by atoms with Gasteiger partial charge in [-0.2, -0.15) is 0 Å². The zero-order chi connectivity index (χ0) is 21.7. The number of nitrogens with zero attached hydrogens (tertiary/aromatic N) is 4. The molecule has 0 aliphatic heterocycles. The quantitative estimate of drug-likeness (QED) is 0.464. The van der Waals surface area contributed by atoms with Crippen molar-refractivity contribution in [2.45, 2.75) is 27.7 Å². The van der Waals surface area contributed by atoms with E-state index in [4.69, 9.17) is 0 Å². The van der Waals surface area contributed by atoms with Crippen molar-refractivity contribution in [2.24, 2.45) is 0 Å². The third-order valence-electron chi connectivity index (χ3n) is 5.07. The Hall–Kier alpha value is -3.65. The fourth-order valence-electron chi connectivity index (χ4n) is 3.25. The fraction of sp³-hybridized carbons (Fsp3) is 0.240. The summed E-state index contributed by atoms with van der Waals surface area (Å²) in [5.41, 5.74) is 5.76. The number of imidazole rings is 1. The van der Waals surface area contributed by atoms with E-state index >= 15 is 0 Å². The van der Waals surface area contributed by atoms with Gasteiger partial charge in [0.1, 0.15) is 5.69 Å². The van der Waals surface area contributed by atoms with Gasteiger partial charge in [0, 0.05) is 36.0 Å². The molecule has 152 valence electrons. The molecule has 5 nitrogen and oxygen atoms in total. The van der Waals surface area contributed by atoms with E-state index in [1.54, 1.807) is 18.5 Å². The van der Waals surface area contributed by atoms with E-state index in [1.165, 1.54) is 0 Å². The number of aryl methyl sites for hydroxylation is 1. The Morgan fingerprint density at radius 2 is 2.00 bits per heavy atom. The van der Waals surface area contributed by atoms with E-state index in [2.05, 4.69) is 28.4 Å². The standard InChI is InChI=1S/C25H26N4O/c1-6-19(7-2)10-12-21-15-27-24-16-26-23(17-29(21)24)20-11-13-22(18(5)14-20)25(30)28(8-3)9-4/h6-7,11,13-17H,1,8-9H2,2-5H3. The molecule has 0 fully saturated rings. The third-order valence-corrected chi connectivity index (χ3v) is 5.07. The molecule has 30 heavy (non-hydrogen) atoms. The maximum Gasteiger partial charge on any atom is 0.254 e. The molecule has 3 rings (SSSR count). The van der Waals surface area contributed by atoms with Crippen molar-refractivity contribution in [2.75, 3.05) is 13.1 Å². The Kier molecular flexibility index (Phi) is 6.48. The first-order valence-corrected chi connectivity index (χ1v) is 10.1. The highest BCUT2D eigenvalue weighted by Crippen LogP contribution is 2.22. The highest BCUT2D eigenvalue weighted by molar-refractivity contribution is 5.96. The first kappa shape index (κ1) is 21.1. The predicted molar refractivity (Wildman–Crippen MR) is 121 cm³/mol. The predicted octanol–water partition coefficient (Wildman–Crippen LogP) is 4.67. The SMILES string of the molecule is C=CC(C#Cc1cnc2cnc(-c3ccc(C(=O)N(CC)CC)c(C)c3)cn12)=CC. The number of amides is 1. The number of carbonyl (C=O) groups excluding carboxylic acids is 1. The normalized spacial score (nSPS) is 11.1. The largest absolute Gasteiger partial charge is 0.339 e. The zero-order valence-electron chi connectivity index (χ0n) is 17.9. The van der Waals surface area contributed by atoms with Crippen molar-refractivity contribution in [1.29, 1.82) is 0 Å². The molecule has 2 aromatic heterocycles. The van der Waals surface area contributed by atoms with Crippen molar-refractivity contribution >= 4 is 11.6 Å². The molecule has 0 aliphatic rings. The second kappa shape index (κ2) is 9.23. The number of allylic oxidation sites excluding steroid dienone is 3. The van der Waals surface area contributed by atoms with E-state index in [9.17, 15) is 4.79 Å². The summed E-state index contributed by atoms with van der Waals surface area (Å²) in [6.45, 7) is 13.0. The molecule has 0 N–H and O–H groups in total. The second-order valence-electron chi connectivity index (χ2n) is 6.85. The lowest BCUT2D eigenvalue weighted by molar-refractivity contribution is 0.0772. The van der Waals surface area contributed by atoms with Gasteiger partial charge in [-0.15, -0.1) is 0 Å². The van der Waals surface area contributed by atoms with Crippen LogP contribution in [0.5, 0.6) is 0 Å². The molecule has 0 spiro atoms. The summed E-state index contributed by atoms with van der Waals surface area (Å²) in [7, 11) is 0. The van der Waals surface area contributed by atoms with Crippen LogP contribution in [0.25, 0.3) is 16.9 Å². The van der Waals surface area contributed by atoms with Gasteiger partial charge in [-0.05, 0) is 51.3 Å². The Balaban J connectivity index is 1.99. The van der Waals surface area contributed by atoms with Crippen LogP contribution in [-0.2, 0) is 0 Å². The monoisotopic (exact) mass is 398 g/mol. The van der Waals surface area contributed by atoms with Gasteiger partial charge >= 0.3 is 0 Å². The number of carbonyl (C=O) groups is 1. The van der Waals surface area contributed by atoms with Crippen molar-refractivity contribution in [3.8, 4) is 23.1 Å². The van der Waals surface area contributed by atoms with Crippen molar-refractivity contribution < 1.29 is 4.79 Å². The molecule has 0 bridgehead atoms. The van der Waals surface area contributed by atoms with Crippen LogP contribution in [0.4, 0.5) is 0 Å². The fourth-order valence-corrected chi connectivity index (χ4v) is 3.25. The number of benzene rings is 1. The Morgan fingerprint density at radius 3 is 2.63 bits per heavy atom. The van der Waals surface area contributed by atoms with Crippen LogP contribution in [0.3, 0.4) is 0 Å². The summed E-state index contributed by atoms with van der Waals surface area (Å²) in [5, 5.41) is 0. The van der Waals surface area contributed by atoms with Gasteiger partial charge in [0.25, 0.3) is 5.91 Å². The van der Waals surface area contributed by atoms with Crippen LogP contribution >= 0.6 is 0 Å². The van der Waals surface area contributed by atoms with Crippen LogP contribution in [0.1, 0.15) is 42.4 Å². The van der Waals surface area contributed by atoms with Gasteiger partial charge in [-0.3, -0.25) is 14.2 Å². The molecule has 0 saturated carbocycles. The lowest BCUT2D eigenvalue weighted by Crippen LogP contribution is -2.30. The topological polar surface area (TPSA) is 50.5 Å². The molecule has 1 aromatic carbocycles. The first-order chi connectivity index (χ1) is 14.5. The van der Waals surface area contributed by atoms with Crippen LogP contribution in [0.15, 0.2) is 61.1 Å². The van der Waals surface area contributed by atoms with E-state index in [-0.39, 0.29) is 5.91 Å². The Labute approximate surface area is 177 Å². The average Bonchev–Trinajstić information content (AvgIpc) is 3.17. The van der Waals surface area contributed by atoms with Gasteiger partial charge in [0.2, 0.25) is 0 Å². The molecule has 1 amide bonds. The van der Waals surface area contributed by atoms with Gasteiger partial charge in [-0.1, -0.05) is 30.7 Å². The Bertz CT molecular complexity index is 1190. The lowest BCUT2D eigenvalue weighted by atomic mass is 10.0. The summed E-state index contributed by atoms with van der Waals surface area (Å²) in [5.74, 6) is 6.29. The highest BCUT2D eigenvalue weighted by atomic mass is 16.2. The molecule has 0 atom stereocenters. The van der Waals surface area contributed by atoms with Crippen LogP contribution in [0.2, 0.25) is 0 Å². The smallest absolute Gasteiger partial charge is 0.254 e. The highest BCUT2D eigenvalue weighted by Gasteiger charge is 2.15. The van der Waals surface area contributed by atoms with Crippen LogP contribution in [0, 0.1) is 18.8 Å². The van der Waals surface area contributed by atoms with Gasteiger partial charge in [0.15, 0.2) is 5.65 Å². The van der Waals surface area contributed by atoms with Crippen molar-refractivity contribution in [1.82, 2.24) is 19.3 Å². The number of aromatic nitrogens is 3. The Morgan fingerprint density at radius 1 is 1.23 bits per heavy atom. The van der Waals surface area contributed by atoms with E-state index in [0.717, 1.165) is 39.3 Å². The number of hydrogen-bond donors (Lipinski definition) is 0. The molecule has 0 saturated heterocycles. The maximum atomic E-state index is 12.7. The minimum absolute atomic E-state index is 0.0571. The van der Waals surface area contributed by atoms with E-state index in [0.29, 0.717) is 13.1 Å². The summed E-state index contributed by atoms with van der Waals surface area (Å²) in [6.07, 6.45) is 9.04. The first-order valence-electron chi connectivity index (χ1n) is 10.1. The summed E-state index contributed by atoms with van der Waals surface area (Å²) in [6, 6.07) is 5.83. The van der Waals surface area contributed by atoms with Crippen molar-refractivity contribution in [3.63, 3.8) is 0 Å². The number of rotatable bonds is 5. The summed E-state index contributed by atoms with van der Waals surface area (Å²) >= 11 is 0. The molecular weight excluding hydrogens is 372 g/mol. The molecule has 0 radical (unpaired) electrons. The van der Waals surface area contributed by atoms with Gasteiger partial charge in [-0.25, -0.2) is 4.98 Å². The minimum atomic E-state index is 0.0571. The molecule has 3 aromatic rings. The zero-order valence-corrected chi connectivity index (χ0v) is 17.9. The second-order valence-corrected chi connectivity index (χ2v) is 6.85. The molecule has 2 heterocycles.